The van der Waals surface area contributed by atoms with Crippen molar-refractivity contribution in [2.24, 2.45) is 5.18 Å². The van der Waals surface area contributed by atoms with E-state index in [-0.39, 0.29) is 0 Å². The van der Waals surface area contributed by atoms with Crippen LogP contribution in [0.4, 0.5) is 5.69 Å². The fourth-order valence-corrected chi connectivity index (χ4v) is 2.30. The van der Waals surface area contributed by atoms with E-state index in [1.165, 1.54) is 0 Å². The van der Waals surface area contributed by atoms with E-state index >= 15 is 0 Å². The van der Waals surface area contributed by atoms with Crippen molar-refractivity contribution in [3.63, 3.8) is 0 Å². The molecule has 21 heavy (non-hydrogen) atoms. The van der Waals surface area contributed by atoms with Gasteiger partial charge in [0, 0.05) is 23.5 Å². The summed E-state index contributed by atoms with van der Waals surface area (Å²) in [7, 11) is 0. The third kappa shape index (κ3) is 2.45. The number of benzene rings is 1. The first-order valence-electron chi connectivity index (χ1n) is 6.75. The van der Waals surface area contributed by atoms with Crippen LogP contribution in [0.25, 0.3) is 22.6 Å². The van der Waals surface area contributed by atoms with Crippen LogP contribution in [0.5, 0.6) is 0 Å². The number of hydrogen-bond acceptors (Lipinski definition) is 4. The molecule has 0 unspecified atom stereocenters. The van der Waals surface area contributed by atoms with Crippen molar-refractivity contribution in [3.05, 3.63) is 59.4 Å². The van der Waals surface area contributed by atoms with Gasteiger partial charge in [0.2, 0.25) is 0 Å². The van der Waals surface area contributed by atoms with E-state index in [4.69, 9.17) is 0 Å². The SMILES string of the molecule is CCc1nc(-c2ccccc2N=O)[nH]c1-c1cccnc1. The minimum Gasteiger partial charge on any atom is -0.338 e. The summed E-state index contributed by atoms with van der Waals surface area (Å²) in [6.45, 7) is 2.05. The number of H-pyrrole nitrogens is 1. The Morgan fingerprint density at radius 2 is 2.05 bits per heavy atom. The van der Waals surface area contributed by atoms with Gasteiger partial charge in [-0.2, -0.15) is 0 Å². The molecule has 1 aromatic carbocycles. The Hall–Kier alpha value is -2.82. The normalized spacial score (nSPS) is 10.5. The first-order chi connectivity index (χ1) is 10.3. The predicted molar refractivity (Wildman–Crippen MR) is 82.1 cm³/mol. The molecule has 5 heteroatoms. The van der Waals surface area contributed by atoms with Crippen molar-refractivity contribution in [1.29, 1.82) is 0 Å². The van der Waals surface area contributed by atoms with Gasteiger partial charge in [0.1, 0.15) is 11.5 Å². The van der Waals surface area contributed by atoms with Gasteiger partial charge in [-0.25, -0.2) is 4.98 Å². The minimum atomic E-state index is 0.381. The molecule has 0 spiro atoms. The Morgan fingerprint density at radius 3 is 2.76 bits per heavy atom. The standard InChI is InChI=1S/C16H14N4O/c1-2-13-15(11-6-5-9-17-10-11)19-16(18-13)12-7-3-4-8-14(12)20-21/h3-10H,2H2,1H3,(H,18,19). The van der Waals surface area contributed by atoms with Crippen LogP contribution in [0.15, 0.2) is 54.0 Å². The van der Waals surface area contributed by atoms with Crippen molar-refractivity contribution in [1.82, 2.24) is 15.0 Å². The van der Waals surface area contributed by atoms with Crippen LogP contribution in [0.3, 0.4) is 0 Å². The lowest BCUT2D eigenvalue weighted by Gasteiger charge is -2.00. The molecule has 2 aromatic heterocycles. The second-order valence-electron chi connectivity index (χ2n) is 4.61. The van der Waals surface area contributed by atoms with E-state index in [1.807, 2.05) is 31.2 Å². The van der Waals surface area contributed by atoms with Crippen LogP contribution in [-0.2, 0) is 6.42 Å². The van der Waals surface area contributed by atoms with Gasteiger partial charge in [-0.3, -0.25) is 4.98 Å². The average Bonchev–Trinajstić information content (AvgIpc) is 2.99. The molecule has 0 bridgehead atoms. The van der Waals surface area contributed by atoms with E-state index in [2.05, 4.69) is 20.1 Å². The molecular formula is C16H14N4O. The number of hydrogen-bond donors (Lipinski definition) is 1. The zero-order chi connectivity index (χ0) is 14.7. The molecule has 104 valence electrons. The van der Waals surface area contributed by atoms with E-state index in [9.17, 15) is 4.91 Å². The molecule has 5 nitrogen and oxygen atoms in total. The van der Waals surface area contributed by atoms with Crippen molar-refractivity contribution in [3.8, 4) is 22.6 Å². The van der Waals surface area contributed by atoms with Crippen molar-refractivity contribution in [2.75, 3.05) is 0 Å². The molecule has 3 rings (SSSR count). The third-order valence-corrected chi connectivity index (χ3v) is 3.32. The van der Waals surface area contributed by atoms with Crippen LogP contribution in [-0.4, -0.2) is 15.0 Å². The van der Waals surface area contributed by atoms with Gasteiger partial charge in [0.25, 0.3) is 0 Å². The summed E-state index contributed by atoms with van der Waals surface area (Å²) in [5, 5.41) is 3.06. The Labute approximate surface area is 122 Å². The first kappa shape index (κ1) is 13.2. The maximum absolute atomic E-state index is 10.9. The number of nitroso groups, excluding NO2 is 1. The van der Waals surface area contributed by atoms with Gasteiger partial charge in [-0.05, 0) is 35.9 Å². The number of imidazole rings is 1. The van der Waals surface area contributed by atoms with Crippen molar-refractivity contribution in [2.45, 2.75) is 13.3 Å². The molecule has 0 aliphatic rings. The van der Waals surface area contributed by atoms with E-state index in [0.29, 0.717) is 17.1 Å². The lowest BCUT2D eigenvalue weighted by Crippen LogP contribution is -1.86. The molecule has 0 aliphatic carbocycles. The largest absolute Gasteiger partial charge is 0.338 e. The fourth-order valence-electron chi connectivity index (χ4n) is 2.30. The van der Waals surface area contributed by atoms with E-state index < -0.39 is 0 Å². The smallest absolute Gasteiger partial charge is 0.140 e. The summed E-state index contributed by atoms with van der Waals surface area (Å²) in [5.74, 6) is 0.654. The highest BCUT2D eigenvalue weighted by Gasteiger charge is 2.14. The number of aromatic amines is 1. The summed E-state index contributed by atoms with van der Waals surface area (Å²) < 4.78 is 0. The summed E-state index contributed by atoms with van der Waals surface area (Å²) >= 11 is 0. The summed E-state index contributed by atoms with van der Waals surface area (Å²) in [4.78, 5) is 23.0. The highest BCUT2D eigenvalue weighted by atomic mass is 16.3. The molecule has 0 fully saturated rings. The second kappa shape index (κ2) is 5.66. The molecule has 0 saturated heterocycles. The summed E-state index contributed by atoms with van der Waals surface area (Å²) in [6, 6.07) is 11.0. The average molecular weight is 278 g/mol. The summed E-state index contributed by atoms with van der Waals surface area (Å²) in [6.07, 6.45) is 4.32. The lowest BCUT2D eigenvalue weighted by molar-refractivity contribution is 1.07. The minimum absolute atomic E-state index is 0.381. The number of aromatic nitrogens is 3. The Kier molecular flexibility index (Phi) is 3.55. The molecule has 0 saturated carbocycles. The van der Waals surface area contributed by atoms with Gasteiger partial charge < -0.3 is 4.98 Å². The van der Waals surface area contributed by atoms with Gasteiger partial charge in [0.05, 0.1) is 11.4 Å². The zero-order valence-corrected chi connectivity index (χ0v) is 11.6. The number of pyridine rings is 1. The Morgan fingerprint density at radius 1 is 1.19 bits per heavy atom. The van der Waals surface area contributed by atoms with Gasteiger partial charge in [-0.1, -0.05) is 19.1 Å². The van der Waals surface area contributed by atoms with Crippen LogP contribution >= 0.6 is 0 Å². The molecule has 0 radical (unpaired) electrons. The lowest BCUT2D eigenvalue weighted by atomic mass is 10.1. The molecule has 3 aromatic rings. The van der Waals surface area contributed by atoms with Crippen LogP contribution in [0, 0.1) is 4.91 Å². The predicted octanol–water partition coefficient (Wildman–Crippen LogP) is 4.10. The third-order valence-electron chi connectivity index (χ3n) is 3.32. The maximum atomic E-state index is 10.9. The molecule has 0 atom stereocenters. The number of rotatable bonds is 4. The van der Waals surface area contributed by atoms with Gasteiger partial charge in [0.15, 0.2) is 0 Å². The Balaban J connectivity index is 2.14. The first-order valence-corrected chi connectivity index (χ1v) is 6.75. The number of aryl methyl sites for hydroxylation is 1. The quantitative estimate of drug-likeness (QED) is 0.730. The van der Waals surface area contributed by atoms with Crippen molar-refractivity contribution >= 4 is 5.69 Å². The van der Waals surface area contributed by atoms with Gasteiger partial charge in [-0.15, -0.1) is 4.91 Å². The van der Waals surface area contributed by atoms with Gasteiger partial charge >= 0.3 is 0 Å². The summed E-state index contributed by atoms with van der Waals surface area (Å²) in [5.41, 5.74) is 3.94. The number of nitrogens with one attached hydrogen (secondary N) is 1. The van der Waals surface area contributed by atoms with E-state index in [0.717, 1.165) is 23.4 Å². The van der Waals surface area contributed by atoms with Crippen LogP contribution < -0.4 is 0 Å². The second-order valence-corrected chi connectivity index (χ2v) is 4.61. The molecule has 0 aliphatic heterocycles. The highest BCUT2D eigenvalue weighted by molar-refractivity contribution is 5.74. The molecular weight excluding hydrogens is 264 g/mol. The molecule has 0 amide bonds. The van der Waals surface area contributed by atoms with E-state index in [1.54, 1.807) is 24.5 Å². The zero-order valence-electron chi connectivity index (χ0n) is 11.6. The van der Waals surface area contributed by atoms with Crippen molar-refractivity contribution < 1.29 is 0 Å². The van der Waals surface area contributed by atoms with Crippen LogP contribution in [0.2, 0.25) is 0 Å². The fraction of sp³-hybridized carbons (Fsp3) is 0.125. The highest BCUT2D eigenvalue weighted by Crippen LogP contribution is 2.31. The molecule has 2 heterocycles. The van der Waals surface area contributed by atoms with Crippen LogP contribution in [0.1, 0.15) is 12.6 Å². The topological polar surface area (TPSA) is 71.0 Å². The Bertz CT molecular complexity index is 765. The molecule has 1 N–H and O–H groups in total. The maximum Gasteiger partial charge on any atom is 0.140 e. The number of nitrogens with zero attached hydrogens (tertiary/aromatic N) is 3. The monoisotopic (exact) mass is 278 g/mol.